The molecule has 6 heteroatoms. The van der Waals surface area contributed by atoms with E-state index in [9.17, 15) is 14.4 Å². The van der Waals surface area contributed by atoms with Crippen LogP contribution >= 0.6 is 0 Å². The number of ether oxygens (including phenoxy) is 2. The summed E-state index contributed by atoms with van der Waals surface area (Å²) in [6.45, 7) is 1.06. The molecular formula is C23H21NO5. The molecule has 0 heterocycles. The van der Waals surface area contributed by atoms with Crippen LogP contribution in [-0.4, -0.2) is 30.9 Å². The van der Waals surface area contributed by atoms with Gasteiger partial charge in [0.15, 0.2) is 19.0 Å². The molecule has 3 aromatic carbocycles. The lowest BCUT2D eigenvalue weighted by Gasteiger charge is -2.09. The van der Waals surface area contributed by atoms with Crippen LogP contribution < -0.4 is 10.1 Å². The monoisotopic (exact) mass is 391 g/mol. The normalized spacial score (nSPS) is 10.4. The molecule has 29 heavy (non-hydrogen) atoms. The number of nitrogens with one attached hydrogen (secondary N) is 1. The first-order valence-corrected chi connectivity index (χ1v) is 9.25. The minimum Gasteiger partial charge on any atom is -0.482 e. The van der Waals surface area contributed by atoms with Crippen molar-refractivity contribution in [2.45, 2.75) is 13.3 Å². The summed E-state index contributed by atoms with van der Waals surface area (Å²) in [6, 6.07) is 19.9. The van der Waals surface area contributed by atoms with Crippen LogP contribution in [0.25, 0.3) is 10.8 Å². The van der Waals surface area contributed by atoms with E-state index in [0.717, 1.165) is 10.8 Å². The summed E-state index contributed by atoms with van der Waals surface area (Å²) in [6.07, 6.45) is 0.424. The van der Waals surface area contributed by atoms with Crippen molar-refractivity contribution < 1.29 is 23.9 Å². The standard InChI is InChI=1S/C23H21NO5/c1-2-21(25)17-8-11-20(12-9-17)28-15-23(27)29-14-22(26)24-19-10-7-16-5-3-4-6-18(16)13-19/h3-13H,2,14-15H2,1H3,(H,24,26). The fraction of sp³-hybridized carbons (Fsp3) is 0.174. The first-order chi connectivity index (χ1) is 14.0. The largest absolute Gasteiger partial charge is 0.482 e. The molecule has 0 radical (unpaired) electrons. The Morgan fingerprint density at radius 2 is 1.59 bits per heavy atom. The molecule has 0 atom stereocenters. The zero-order chi connectivity index (χ0) is 20.6. The number of anilines is 1. The second-order valence-electron chi connectivity index (χ2n) is 6.36. The Labute approximate surface area is 168 Å². The van der Waals surface area contributed by atoms with Gasteiger partial charge >= 0.3 is 5.97 Å². The molecule has 1 N–H and O–H groups in total. The van der Waals surface area contributed by atoms with Crippen molar-refractivity contribution in [1.82, 2.24) is 0 Å². The third-order valence-electron chi connectivity index (χ3n) is 4.25. The van der Waals surface area contributed by atoms with E-state index in [1.54, 1.807) is 37.3 Å². The van der Waals surface area contributed by atoms with Gasteiger partial charge in [-0.3, -0.25) is 9.59 Å². The van der Waals surface area contributed by atoms with E-state index in [1.165, 1.54) is 0 Å². The summed E-state index contributed by atoms with van der Waals surface area (Å²) >= 11 is 0. The number of benzene rings is 3. The predicted octanol–water partition coefficient (Wildman–Crippen LogP) is 3.99. The molecule has 0 aliphatic carbocycles. The van der Waals surface area contributed by atoms with Gasteiger partial charge in [-0.15, -0.1) is 0 Å². The van der Waals surface area contributed by atoms with Crippen LogP contribution in [0, 0.1) is 0 Å². The number of rotatable bonds is 8. The highest BCUT2D eigenvalue weighted by atomic mass is 16.6. The van der Waals surface area contributed by atoms with E-state index in [0.29, 0.717) is 23.4 Å². The van der Waals surface area contributed by atoms with Crippen molar-refractivity contribution in [1.29, 1.82) is 0 Å². The Kier molecular flexibility index (Phi) is 6.58. The Morgan fingerprint density at radius 3 is 2.31 bits per heavy atom. The van der Waals surface area contributed by atoms with Gasteiger partial charge in [0.25, 0.3) is 5.91 Å². The van der Waals surface area contributed by atoms with E-state index < -0.39 is 18.5 Å². The van der Waals surface area contributed by atoms with Crippen LogP contribution in [0.15, 0.2) is 66.7 Å². The summed E-state index contributed by atoms with van der Waals surface area (Å²) in [5, 5.41) is 4.77. The highest BCUT2D eigenvalue weighted by Crippen LogP contribution is 2.18. The lowest BCUT2D eigenvalue weighted by molar-refractivity contribution is -0.149. The van der Waals surface area contributed by atoms with E-state index in [2.05, 4.69) is 5.32 Å². The van der Waals surface area contributed by atoms with Crippen LogP contribution in [-0.2, 0) is 14.3 Å². The molecule has 0 aliphatic rings. The van der Waals surface area contributed by atoms with Gasteiger partial charge in [-0.25, -0.2) is 4.79 Å². The highest BCUT2D eigenvalue weighted by Gasteiger charge is 2.10. The minimum atomic E-state index is -0.660. The van der Waals surface area contributed by atoms with E-state index in [1.807, 2.05) is 36.4 Å². The smallest absolute Gasteiger partial charge is 0.344 e. The van der Waals surface area contributed by atoms with Gasteiger partial charge in [-0.1, -0.05) is 37.3 Å². The first-order valence-electron chi connectivity index (χ1n) is 9.25. The number of amides is 1. The summed E-state index contributed by atoms with van der Waals surface area (Å²) < 4.78 is 10.3. The third-order valence-corrected chi connectivity index (χ3v) is 4.25. The number of fused-ring (bicyclic) bond motifs is 1. The van der Waals surface area contributed by atoms with Crippen molar-refractivity contribution in [2.75, 3.05) is 18.5 Å². The van der Waals surface area contributed by atoms with Gasteiger partial charge in [0, 0.05) is 17.7 Å². The number of esters is 1. The van der Waals surface area contributed by atoms with Crippen LogP contribution in [0.2, 0.25) is 0 Å². The zero-order valence-electron chi connectivity index (χ0n) is 16.0. The maximum atomic E-state index is 12.0. The van der Waals surface area contributed by atoms with Crippen molar-refractivity contribution >= 4 is 34.1 Å². The van der Waals surface area contributed by atoms with Gasteiger partial charge in [0.05, 0.1) is 0 Å². The quantitative estimate of drug-likeness (QED) is 0.464. The maximum absolute atomic E-state index is 12.0. The molecule has 0 unspecified atom stereocenters. The number of hydrogen-bond donors (Lipinski definition) is 1. The minimum absolute atomic E-state index is 0.0355. The highest BCUT2D eigenvalue weighted by molar-refractivity contribution is 5.96. The predicted molar refractivity (Wildman–Crippen MR) is 110 cm³/mol. The molecule has 3 aromatic rings. The Bertz CT molecular complexity index is 1030. The SMILES string of the molecule is CCC(=O)c1ccc(OCC(=O)OCC(=O)Nc2ccc3ccccc3c2)cc1. The van der Waals surface area contributed by atoms with E-state index in [-0.39, 0.29) is 12.4 Å². The lowest BCUT2D eigenvalue weighted by atomic mass is 10.1. The Hall–Kier alpha value is -3.67. The third kappa shape index (κ3) is 5.65. The van der Waals surface area contributed by atoms with Crippen LogP contribution in [0.4, 0.5) is 5.69 Å². The summed E-state index contributed by atoms with van der Waals surface area (Å²) in [4.78, 5) is 35.4. The Balaban J connectivity index is 1.43. The van der Waals surface area contributed by atoms with Crippen molar-refractivity contribution in [2.24, 2.45) is 0 Å². The second kappa shape index (κ2) is 9.50. The van der Waals surface area contributed by atoms with E-state index in [4.69, 9.17) is 9.47 Å². The second-order valence-corrected chi connectivity index (χ2v) is 6.36. The molecule has 1 amide bonds. The molecule has 6 nitrogen and oxygen atoms in total. The van der Waals surface area contributed by atoms with Crippen molar-refractivity contribution in [3.05, 3.63) is 72.3 Å². The average molecular weight is 391 g/mol. The maximum Gasteiger partial charge on any atom is 0.344 e. The molecule has 0 saturated heterocycles. The fourth-order valence-electron chi connectivity index (χ4n) is 2.74. The molecular weight excluding hydrogens is 370 g/mol. The first kappa shape index (κ1) is 20.1. The van der Waals surface area contributed by atoms with Gasteiger partial charge < -0.3 is 14.8 Å². The van der Waals surface area contributed by atoms with Gasteiger partial charge in [-0.05, 0) is 47.2 Å². The molecule has 0 bridgehead atoms. The summed E-state index contributed by atoms with van der Waals surface area (Å²) in [5.74, 6) is -0.618. The number of ketones is 1. The molecule has 0 saturated carbocycles. The summed E-state index contributed by atoms with van der Waals surface area (Å²) in [7, 11) is 0. The molecule has 0 fully saturated rings. The molecule has 148 valence electrons. The van der Waals surface area contributed by atoms with Gasteiger partial charge in [0.1, 0.15) is 5.75 Å². The van der Waals surface area contributed by atoms with Crippen molar-refractivity contribution in [3.8, 4) is 5.75 Å². The molecule has 3 rings (SSSR count). The summed E-state index contributed by atoms with van der Waals surface area (Å²) in [5.41, 5.74) is 1.22. The van der Waals surface area contributed by atoms with Gasteiger partial charge in [0.2, 0.25) is 0 Å². The topological polar surface area (TPSA) is 81.7 Å². The number of carbonyl (C=O) groups is 3. The number of hydrogen-bond acceptors (Lipinski definition) is 5. The van der Waals surface area contributed by atoms with E-state index >= 15 is 0 Å². The lowest BCUT2D eigenvalue weighted by Crippen LogP contribution is -2.23. The van der Waals surface area contributed by atoms with Crippen LogP contribution in [0.3, 0.4) is 0 Å². The number of Topliss-reactive ketones (excluding diaryl/α,β-unsaturated/α-hetero) is 1. The van der Waals surface area contributed by atoms with Crippen molar-refractivity contribution in [3.63, 3.8) is 0 Å². The fourth-order valence-corrected chi connectivity index (χ4v) is 2.74. The molecule has 0 spiro atoms. The Morgan fingerprint density at radius 1 is 0.862 bits per heavy atom. The average Bonchev–Trinajstić information content (AvgIpc) is 2.76. The van der Waals surface area contributed by atoms with Crippen LogP contribution in [0.1, 0.15) is 23.7 Å². The molecule has 0 aromatic heterocycles. The van der Waals surface area contributed by atoms with Gasteiger partial charge in [-0.2, -0.15) is 0 Å². The zero-order valence-corrected chi connectivity index (χ0v) is 16.0. The number of carbonyl (C=O) groups excluding carboxylic acids is 3. The molecule has 0 aliphatic heterocycles. The van der Waals surface area contributed by atoms with Crippen LogP contribution in [0.5, 0.6) is 5.75 Å².